The number of halogens is 1. The summed E-state index contributed by atoms with van der Waals surface area (Å²) in [7, 11) is -3.63. The maximum absolute atomic E-state index is 12.3. The Bertz CT molecular complexity index is 838. The third-order valence-corrected chi connectivity index (χ3v) is 5.26. The first-order chi connectivity index (χ1) is 11.9. The van der Waals surface area contributed by atoms with Gasteiger partial charge in [0.25, 0.3) is 5.91 Å². The van der Waals surface area contributed by atoms with Gasteiger partial charge in [-0.05, 0) is 42.8 Å². The molecule has 1 amide bonds. The highest BCUT2D eigenvalue weighted by atomic mass is 35.5. The summed E-state index contributed by atoms with van der Waals surface area (Å²) in [5.41, 5.74) is 0.805. The molecular formula is C18H21ClN2O3S. The summed E-state index contributed by atoms with van der Waals surface area (Å²) in [5.74, 6) is -0.398. The van der Waals surface area contributed by atoms with Crippen LogP contribution in [0.5, 0.6) is 0 Å². The smallest absolute Gasteiger partial charge is 0.255 e. The van der Waals surface area contributed by atoms with Crippen molar-refractivity contribution >= 4 is 33.2 Å². The van der Waals surface area contributed by atoms with Crippen LogP contribution >= 0.6 is 11.6 Å². The molecule has 0 aliphatic carbocycles. The van der Waals surface area contributed by atoms with Crippen LogP contribution in [0, 0.1) is 0 Å². The molecule has 2 rings (SSSR count). The first-order valence-electron chi connectivity index (χ1n) is 8.09. The van der Waals surface area contributed by atoms with Crippen LogP contribution in [-0.4, -0.2) is 20.9 Å². The predicted octanol–water partition coefficient (Wildman–Crippen LogP) is 4.06. The van der Waals surface area contributed by atoms with Crippen molar-refractivity contribution in [3.63, 3.8) is 0 Å². The summed E-state index contributed by atoms with van der Waals surface area (Å²) in [5, 5.41) is 3.20. The van der Waals surface area contributed by atoms with E-state index >= 15 is 0 Å². The Morgan fingerprint density at radius 3 is 2.56 bits per heavy atom. The summed E-state index contributed by atoms with van der Waals surface area (Å²) in [6, 6.07) is 12.7. The largest absolute Gasteiger partial charge is 0.322 e. The number of unbranched alkanes of at least 4 members (excludes halogenated alkanes) is 2. The molecule has 0 aromatic heterocycles. The molecule has 0 radical (unpaired) electrons. The molecule has 2 aromatic carbocycles. The van der Waals surface area contributed by atoms with Crippen molar-refractivity contribution in [1.29, 1.82) is 0 Å². The third-order valence-electron chi connectivity index (χ3n) is 3.56. The number of nitrogens with one attached hydrogen (secondary N) is 2. The lowest BCUT2D eigenvalue weighted by Gasteiger charge is -2.09. The highest BCUT2D eigenvalue weighted by Gasteiger charge is 2.16. The summed E-state index contributed by atoms with van der Waals surface area (Å²) >= 11 is 5.89. The van der Waals surface area contributed by atoms with Crippen LogP contribution in [0.4, 0.5) is 5.69 Å². The summed E-state index contributed by atoms with van der Waals surface area (Å²) in [6.07, 6.45) is 2.76. The van der Waals surface area contributed by atoms with Crippen LogP contribution in [0.15, 0.2) is 53.4 Å². The molecular weight excluding hydrogens is 360 g/mol. The van der Waals surface area contributed by atoms with Crippen LogP contribution in [0.25, 0.3) is 0 Å². The standard InChI is InChI=1S/C18H21ClN2O3S/c1-2-3-4-11-20-25(23,24)17-10-5-7-14(12-17)18(22)21-16-9-6-8-15(19)13-16/h5-10,12-13,20H,2-4,11H2,1H3,(H,21,22). The molecule has 0 aliphatic heterocycles. The fourth-order valence-corrected chi connectivity index (χ4v) is 3.55. The first-order valence-corrected chi connectivity index (χ1v) is 9.95. The Kier molecular flexibility index (Phi) is 6.99. The van der Waals surface area contributed by atoms with Crippen LogP contribution in [0.1, 0.15) is 36.5 Å². The van der Waals surface area contributed by atoms with E-state index in [0.717, 1.165) is 19.3 Å². The number of hydrogen-bond acceptors (Lipinski definition) is 3. The Morgan fingerprint density at radius 1 is 1.08 bits per heavy atom. The highest BCUT2D eigenvalue weighted by Crippen LogP contribution is 2.17. The molecule has 25 heavy (non-hydrogen) atoms. The number of benzene rings is 2. The minimum Gasteiger partial charge on any atom is -0.322 e. The maximum atomic E-state index is 12.3. The second kappa shape index (κ2) is 8.99. The van der Waals surface area contributed by atoms with Gasteiger partial charge in [0, 0.05) is 22.8 Å². The van der Waals surface area contributed by atoms with E-state index in [-0.39, 0.29) is 10.5 Å². The van der Waals surface area contributed by atoms with E-state index in [1.165, 1.54) is 12.1 Å². The van der Waals surface area contributed by atoms with Crippen molar-refractivity contribution in [3.8, 4) is 0 Å². The predicted molar refractivity (Wildman–Crippen MR) is 101 cm³/mol. The number of rotatable bonds is 8. The van der Waals surface area contributed by atoms with E-state index in [1.54, 1.807) is 36.4 Å². The van der Waals surface area contributed by atoms with Crippen molar-refractivity contribution in [2.24, 2.45) is 0 Å². The first kappa shape index (κ1) is 19.4. The number of carbonyl (C=O) groups excluding carboxylic acids is 1. The van der Waals surface area contributed by atoms with Crippen molar-refractivity contribution in [2.75, 3.05) is 11.9 Å². The topological polar surface area (TPSA) is 75.3 Å². The fourth-order valence-electron chi connectivity index (χ4n) is 2.24. The van der Waals surface area contributed by atoms with E-state index in [0.29, 0.717) is 17.3 Å². The van der Waals surface area contributed by atoms with Crippen LogP contribution in [0.2, 0.25) is 5.02 Å². The molecule has 0 heterocycles. The van der Waals surface area contributed by atoms with E-state index in [9.17, 15) is 13.2 Å². The molecule has 0 aliphatic rings. The van der Waals surface area contributed by atoms with Crippen molar-refractivity contribution in [2.45, 2.75) is 31.1 Å². The van der Waals surface area contributed by atoms with Crippen LogP contribution < -0.4 is 10.0 Å². The normalized spacial score (nSPS) is 11.3. The monoisotopic (exact) mass is 380 g/mol. The maximum Gasteiger partial charge on any atom is 0.255 e. The quantitative estimate of drug-likeness (QED) is 0.678. The average Bonchev–Trinajstić information content (AvgIpc) is 2.59. The summed E-state index contributed by atoms with van der Waals surface area (Å²) < 4.78 is 27.2. The van der Waals surface area contributed by atoms with Gasteiger partial charge in [-0.15, -0.1) is 0 Å². The summed E-state index contributed by atoms with van der Waals surface area (Å²) in [4.78, 5) is 12.4. The fraction of sp³-hybridized carbons (Fsp3) is 0.278. The third kappa shape index (κ3) is 5.85. The van der Waals surface area contributed by atoms with Gasteiger partial charge in [-0.1, -0.05) is 43.5 Å². The van der Waals surface area contributed by atoms with Gasteiger partial charge in [0.1, 0.15) is 0 Å². The van der Waals surface area contributed by atoms with Gasteiger partial charge < -0.3 is 5.32 Å². The highest BCUT2D eigenvalue weighted by molar-refractivity contribution is 7.89. The molecule has 0 saturated heterocycles. The van der Waals surface area contributed by atoms with Crippen molar-refractivity contribution in [3.05, 3.63) is 59.1 Å². The zero-order valence-electron chi connectivity index (χ0n) is 14.0. The molecule has 5 nitrogen and oxygen atoms in total. The lowest BCUT2D eigenvalue weighted by Crippen LogP contribution is -2.25. The van der Waals surface area contributed by atoms with Gasteiger partial charge in [-0.3, -0.25) is 4.79 Å². The Labute approximate surface area is 153 Å². The molecule has 0 atom stereocenters. The Balaban J connectivity index is 2.10. The zero-order valence-corrected chi connectivity index (χ0v) is 15.5. The van der Waals surface area contributed by atoms with Gasteiger partial charge >= 0.3 is 0 Å². The van der Waals surface area contributed by atoms with Gasteiger partial charge in [0.15, 0.2) is 0 Å². The summed E-state index contributed by atoms with van der Waals surface area (Å²) in [6.45, 7) is 2.44. The van der Waals surface area contributed by atoms with Gasteiger partial charge in [0.2, 0.25) is 10.0 Å². The van der Waals surface area contributed by atoms with Crippen molar-refractivity contribution < 1.29 is 13.2 Å². The minimum absolute atomic E-state index is 0.0720. The molecule has 0 spiro atoms. The number of amides is 1. The van der Waals surface area contributed by atoms with Crippen molar-refractivity contribution in [1.82, 2.24) is 4.72 Å². The molecule has 2 N–H and O–H groups in total. The van der Waals surface area contributed by atoms with Gasteiger partial charge in [-0.25, -0.2) is 13.1 Å². The zero-order chi connectivity index (χ0) is 18.3. The number of anilines is 1. The van der Waals surface area contributed by atoms with E-state index in [4.69, 9.17) is 11.6 Å². The lowest BCUT2D eigenvalue weighted by atomic mass is 10.2. The van der Waals surface area contributed by atoms with Gasteiger partial charge in [0.05, 0.1) is 4.90 Å². The van der Waals surface area contributed by atoms with Crippen LogP contribution in [0.3, 0.4) is 0 Å². The molecule has 0 fully saturated rings. The van der Waals surface area contributed by atoms with Crippen LogP contribution in [-0.2, 0) is 10.0 Å². The SMILES string of the molecule is CCCCCNS(=O)(=O)c1cccc(C(=O)Nc2cccc(Cl)c2)c1. The lowest BCUT2D eigenvalue weighted by molar-refractivity contribution is 0.102. The minimum atomic E-state index is -3.63. The number of sulfonamides is 1. The average molecular weight is 381 g/mol. The van der Waals surface area contributed by atoms with E-state index < -0.39 is 15.9 Å². The number of carbonyl (C=O) groups is 1. The van der Waals surface area contributed by atoms with E-state index in [1.807, 2.05) is 0 Å². The second-order valence-electron chi connectivity index (χ2n) is 5.60. The molecule has 0 bridgehead atoms. The van der Waals surface area contributed by atoms with Gasteiger partial charge in [-0.2, -0.15) is 0 Å². The Morgan fingerprint density at radius 2 is 1.84 bits per heavy atom. The number of hydrogen-bond donors (Lipinski definition) is 2. The second-order valence-corrected chi connectivity index (χ2v) is 7.80. The molecule has 0 unspecified atom stereocenters. The molecule has 7 heteroatoms. The molecule has 2 aromatic rings. The Hall–Kier alpha value is -1.89. The van der Waals surface area contributed by atoms with E-state index in [2.05, 4.69) is 17.0 Å². The molecule has 0 saturated carbocycles. The molecule has 134 valence electrons.